The summed E-state index contributed by atoms with van der Waals surface area (Å²) in [5.41, 5.74) is 9.39. The van der Waals surface area contributed by atoms with E-state index in [4.69, 9.17) is 14.8 Å². The van der Waals surface area contributed by atoms with Gasteiger partial charge in [0.2, 0.25) is 0 Å². The van der Waals surface area contributed by atoms with Crippen LogP contribution in [-0.2, 0) is 20.2 Å². The SMILES string of the molecule is CCOP(=O)(OCC)[C@@H](N)c1ccc2c(c1)c1ccccc1n2CC. The predicted octanol–water partition coefficient (Wildman–Crippen LogP) is 5.04. The van der Waals surface area contributed by atoms with E-state index in [2.05, 4.69) is 23.6 Å². The van der Waals surface area contributed by atoms with Crippen LogP contribution < -0.4 is 5.73 Å². The molecule has 0 aliphatic carbocycles. The molecule has 0 unspecified atom stereocenters. The van der Waals surface area contributed by atoms with Crippen LogP contribution in [0, 0.1) is 0 Å². The minimum atomic E-state index is -3.40. The van der Waals surface area contributed by atoms with Crippen molar-refractivity contribution in [2.45, 2.75) is 33.1 Å². The topological polar surface area (TPSA) is 66.5 Å². The van der Waals surface area contributed by atoms with Gasteiger partial charge in [0.05, 0.1) is 13.2 Å². The molecule has 0 aliphatic rings. The molecular formula is C19H25N2O3P. The Bertz CT molecular complexity index is 925. The van der Waals surface area contributed by atoms with Crippen molar-refractivity contribution < 1.29 is 13.6 Å². The Morgan fingerprint density at radius 1 is 1.00 bits per heavy atom. The second-order valence-electron chi connectivity index (χ2n) is 5.86. The second kappa shape index (κ2) is 7.30. The molecule has 1 heterocycles. The summed E-state index contributed by atoms with van der Waals surface area (Å²) in [4.78, 5) is 0. The molecule has 25 heavy (non-hydrogen) atoms. The lowest BCUT2D eigenvalue weighted by molar-refractivity contribution is 0.212. The van der Waals surface area contributed by atoms with Crippen LogP contribution in [0.25, 0.3) is 21.8 Å². The molecule has 3 aromatic rings. The standard InChI is InChI=1S/C19H25N2O3P/c1-4-21-17-10-8-7-9-15(17)16-13-14(11-12-18(16)21)19(20)25(22,23-5-2)24-6-3/h7-13,19H,4-6,20H2,1-3H3/t19-/m1/s1. The first-order valence-corrected chi connectivity index (χ1v) is 10.3. The Morgan fingerprint density at radius 3 is 2.28 bits per heavy atom. The maximum atomic E-state index is 13.0. The Kier molecular flexibility index (Phi) is 5.30. The van der Waals surface area contributed by atoms with Gasteiger partial charge in [-0.15, -0.1) is 0 Å². The molecule has 2 N–H and O–H groups in total. The zero-order chi connectivity index (χ0) is 18.0. The van der Waals surface area contributed by atoms with Crippen LogP contribution in [0.1, 0.15) is 32.1 Å². The highest BCUT2D eigenvalue weighted by atomic mass is 31.2. The van der Waals surface area contributed by atoms with Gasteiger partial charge < -0.3 is 19.3 Å². The number of nitrogens with zero attached hydrogens (tertiary/aromatic N) is 1. The molecule has 0 saturated heterocycles. The van der Waals surface area contributed by atoms with E-state index in [0.717, 1.165) is 28.4 Å². The molecule has 2 aromatic carbocycles. The lowest BCUT2D eigenvalue weighted by Crippen LogP contribution is -2.15. The van der Waals surface area contributed by atoms with Crippen molar-refractivity contribution in [2.24, 2.45) is 5.73 Å². The number of benzene rings is 2. The lowest BCUT2D eigenvalue weighted by Gasteiger charge is -2.23. The number of fused-ring (bicyclic) bond motifs is 3. The Balaban J connectivity index is 2.15. The molecular weight excluding hydrogens is 335 g/mol. The number of aryl methyl sites for hydroxylation is 1. The molecule has 0 saturated carbocycles. The number of para-hydroxylation sites is 1. The fourth-order valence-corrected chi connectivity index (χ4v) is 4.98. The maximum absolute atomic E-state index is 13.0. The summed E-state index contributed by atoms with van der Waals surface area (Å²) in [6, 6.07) is 14.3. The summed E-state index contributed by atoms with van der Waals surface area (Å²) in [7, 11) is -3.40. The highest BCUT2D eigenvalue weighted by Crippen LogP contribution is 2.58. The van der Waals surface area contributed by atoms with E-state index < -0.39 is 13.4 Å². The van der Waals surface area contributed by atoms with Crippen LogP contribution in [0.5, 0.6) is 0 Å². The van der Waals surface area contributed by atoms with Crippen LogP contribution in [0.2, 0.25) is 0 Å². The quantitative estimate of drug-likeness (QED) is 0.600. The highest BCUT2D eigenvalue weighted by molar-refractivity contribution is 7.54. The molecule has 5 nitrogen and oxygen atoms in total. The van der Waals surface area contributed by atoms with Gasteiger partial charge in [-0.3, -0.25) is 4.57 Å². The summed E-state index contributed by atoms with van der Waals surface area (Å²) in [6.07, 6.45) is 0. The van der Waals surface area contributed by atoms with Crippen molar-refractivity contribution in [3.63, 3.8) is 0 Å². The minimum absolute atomic E-state index is 0.294. The average molecular weight is 360 g/mol. The van der Waals surface area contributed by atoms with Crippen LogP contribution in [-0.4, -0.2) is 17.8 Å². The van der Waals surface area contributed by atoms with Crippen molar-refractivity contribution in [2.75, 3.05) is 13.2 Å². The van der Waals surface area contributed by atoms with Crippen molar-refractivity contribution >= 4 is 29.4 Å². The van der Waals surface area contributed by atoms with E-state index in [-0.39, 0.29) is 0 Å². The third-order valence-electron chi connectivity index (χ3n) is 4.41. The summed E-state index contributed by atoms with van der Waals surface area (Å²) < 4.78 is 26.1. The van der Waals surface area contributed by atoms with Gasteiger partial charge in [0.1, 0.15) is 5.78 Å². The van der Waals surface area contributed by atoms with Crippen molar-refractivity contribution in [1.82, 2.24) is 4.57 Å². The molecule has 0 fully saturated rings. The van der Waals surface area contributed by atoms with Crippen LogP contribution in [0.3, 0.4) is 0 Å². The molecule has 3 rings (SSSR count). The number of hydrogen-bond donors (Lipinski definition) is 1. The first-order valence-electron chi connectivity index (χ1n) is 8.71. The monoisotopic (exact) mass is 360 g/mol. The number of hydrogen-bond acceptors (Lipinski definition) is 4. The van der Waals surface area contributed by atoms with E-state index in [0.29, 0.717) is 13.2 Å². The van der Waals surface area contributed by atoms with Gasteiger partial charge in [-0.05, 0) is 44.5 Å². The molecule has 0 bridgehead atoms. The average Bonchev–Trinajstić information content (AvgIpc) is 2.94. The van der Waals surface area contributed by atoms with Crippen LogP contribution in [0.4, 0.5) is 0 Å². The third-order valence-corrected chi connectivity index (χ3v) is 6.63. The van der Waals surface area contributed by atoms with E-state index in [1.165, 1.54) is 5.52 Å². The first-order chi connectivity index (χ1) is 12.1. The predicted molar refractivity (Wildman–Crippen MR) is 103 cm³/mol. The zero-order valence-electron chi connectivity index (χ0n) is 14.9. The van der Waals surface area contributed by atoms with Gasteiger partial charge >= 0.3 is 7.60 Å². The van der Waals surface area contributed by atoms with Gasteiger partial charge in [-0.25, -0.2) is 0 Å². The van der Waals surface area contributed by atoms with E-state index >= 15 is 0 Å². The fourth-order valence-electron chi connectivity index (χ4n) is 3.34. The Morgan fingerprint density at radius 2 is 1.64 bits per heavy atom. The molecule has 0 amide bonds. The summed E-state index contributed by atoms with van der Waals surface area (Å²) >= 11 is 0. The van der Waals surface area contributed by atoms with Gasteiger partial charge in [-0.1, -0.05) is 24.3 Å². The van der Waals surface area contributed by atoms with Crippen molar-refractivity contribution in [3.05, 3.63) is 48.0 Å². The molecule has 1 atom stereocenters. The lowest BCUT2D eigenvalue weighted by atomic mass is 10.1. The molecule has 134 valence electrons. The Hall–Kier alpha value is -1.65. The van der Waals surface area contributed by atoms with E-state index in [9.17, 15) is 4.57 Å². The molecule has 0 spiro atoms. The number of rotatable bonds is 7. The van der Waals surface area contributed by atoms with Crippen LogP contribution >= 0.6 is 7.60 Å². The molecule has 1 aromatic heterocycles. The Labute approximate surface area is 148 Å². The third kappa shape index (κ3) is 3.13. The normalized spacial score (nSPS) is 13.6. The van der Waals surface area contributed by atoms with Crippen LogP contribution in [0.15, 0.2) is 42.5 Å². The summed E-state index contributed by atoms with van der Waals surface area (Å²) in [5.74, 6) is -0.805. The summed E-state index contributed by atoms with van der Waals surface area (Å²) in [6.45, 7) is 7.17. The molecule has 0 radical (unpaired) electrons. The smallest absolute Gasteiger partial charge is 0.341 e. The largest absolute Gasteiger partial charge is 0.351 e. The second-order valence-corrected chi connectivity index (χ2v) is 8.01. The maximum Gasteiger partial charge on any atom is 0.351 e. The van der Waals surface area contributed by atoms with E-state index in [1.54, 1.807) is 13.8 Å². The fraction of sp³-hybridized carbons (Fsp3) is 0.368. The van der Waals surface area contributed by atoms with Crippen molar-refractivity contribution in [1.29, 1.82) is 0 Å². The van der Waals surface area contributed by atoms with Gasteiger partial charge in [0.25, 0.3) is 0 Å². The highest BCUT2D eigenvalue weighted by Gasteiger charge is 2.34. The molecule has 6 heteroatoms. The van der Waals surface area contributed by atoms with Gasteiger partial charge in [-0.2, -0.15) is 0 Å². The first kappa shape index (κ1) is 18.2. The minimum Gasteiger partial charge on any atom is -0.341 e. The molecule has 0 aliphatic heterocycles. The summed E-state index contributed by atoms with van der Waals surface area (Å²) in [5, 5.41) is 2.26. The zero-order valence-corrected chi connectivity index (χ0v) is 15.8. The van der Waals surface area contributed by atoms with Gasteiger partial charge in [0, 0.05) is 28.4 Å². The van der Waals surface area contributed by atoms with E-state index in [1.807, 2.05) is 30.3 Å². The van der Waals surface area contributed by atoms with Gasteiger partial charge in [0.15, 0.2) is 0 Å². The number of aromatic nitrogens is 1. The van der Waals surface area contributed by atoms with Crippen molar-refractivity contribution in [3.8, 4) is 0 Å². The number of nitrogens with two attached hydrogens (primary N) is 1.